The van der Waals surface area contributed by atoms with E-state index in [2.05, 4.69) is 55.4 Å². The summed E-state index contributed by atoms with van der Waals surface area (Å²) in [4.78, 5) is 0. The number of hydrogen-bond acceptors (Lipinski definition) is 0. The maximum atomic E-state index is 2.18. The highest BCUT2D eigenvalue weighted by Crippen LogP contribution is 1.77. The van der Waals surface area contributed by atoms with Crippen LogP contribution in [-0.2, 0) is 0 Å². The molecule has 0 fully saturated rings. The lowest BCUT2D eigenvalue weighted by atomic mass is 10.4. The first-order chi connectivity index (χ1) is 11.7. The zero-order chi connectivity index (χ0) is 21.7. The molecule has 0 aromatic rings. The molecular weight excluding hydrogens is 324 g/mol. The molecule has 0 heteroatoms. The van der Waals surface area contributed by atoms with Crippen LogP contribution in [0.25, 0.3) is 0 Å². The van der Waals surface area contributed by atoms with Gasteiger partial charge in [-0.3, -0.25) is 0 Å². The second-order valence-corrected chi connectivity index (χ2v) is 4.00. The van der Waals surface area contributed by atoms with Gasteiger partial charge in [-0.25, -0.2) is 0 Å². The zero-order valence-electron chi connectivity index (χ0n) is 21.7. The Morgan fingerprint density at radius 1 is 0.222 bits per heavy atom. The van der Waals surface area contributed by atoms with Crippen molar-refractivity contribution in [3.8, 4) is 0 Å². The Balaban J connectivity index is -0.0000000121. The van der Waals surface area contributed by atoms with Crippen LogP contribution in [0.1, 0.15) is 184 Å². The number of hydrogen-bond donors (Lipinski definition) is 0. The Kier molecular flexibility index (Phi) is 670. The van der Waals surface area contributed by atoms with Gasteiger partial charge in [-0.05, 0) is 0 Å². The summed E-state index contributed by atoms with van der Waals surface area (Å²) in [5.74, 6) is 0. The monoisotopic (exact) mass is 401 g/mol. The van der Waals surface area contributed by atoms with Crippen molar-refractivity contribution >= 4 is 0 Å². The lowest BCUT2D eigenvalue weighted by Gasteiger charge is -1.68. The van der Waals surface area contributed by atoms with Crippen LogP contribution in [-0.4, -0.2) is 0 Å². The third-order valence-electron chi connectivity index (χ3n) is 2.00. The van der Waals surface area contributed by atoms with Crippen LogP contribution >= 0.6 is 0 Å². The van der Waals surface area contributed by atoms with E-state index in [0.29, 0.717) is 0 Å². The van der Waals surface area contributed by atoms with Gasteiger partial charge in [0.2, 0.25) is 0 Å². The summed E-state index contributed by atoms with van der Waals surface area (Å²) >= 11 is 0. The Labute approximate surface area is 184 Å². The zero-order valence-corrected chi connectivity index (χ0v) is 21.7. The van der Waals surface area contributed by atoms with Crippen LogP contribution < -0.4 is 0 Å². The van der Waals surface area contributed by atoms with Gasteiger partial charge < -0.3 is 0 Å². The lowest BCUT2D eigenvalue weighted by molar-refractivity contribution is 0.886. The van der Waals surface area contributed by atoms with Gasteiger partial charge in [0.1, 0.15) is 0 Å². The van der Waals surface area contributed by atoms with Gasteiger partial charge in [-0.1, -0.05) is 184 Å². The number of rotatable bonds is 4. The maximum absolute atomic E-state index is 2.18. The minimum absolute atomic E-state index is 0. The van der Waals surface area contributed by atoms with E-state index in [4.69, 9.17) is 0 Å². The normalized spacial score (nSPS) is 5.33. The minimum atomic E-state index is 0. The van der Waals surface area contributed by atoms with Crippen molar-refractivity contribution in [2.45, 2.75) is 184 Å². The standard InChI is InChI=1S/4C4H10.4C2H6.3CH4/c4*1-3-4-2;4*1-2;;;/h4*3-4H2,1-2H3;4*1-2H3;3*1H4. The molecule has 0 spiro atoms. The van der Waals surface area contributed by atoms with Gasteiger partial charge in [0.25, 0.3) is 0 Å². The molecule has 0 saturated carbocycles. The fraction of sp³-hybridized carbons (Fsp3) is 1.00. The van der Waals surface area contributed by atoms with E-state index in [1.54, 1.807) is 0 Å². The summed E-state index contributed by atoms with van der Waals surface area (Å²) in [6, 6.07) is 0. The Morgan fingerprint density at radius 2 is 0.259 bits per heavy atom. The highest BCUT2D eigenvalue weighted by molar-refractivity contribution is 4.13. The van der Waals surface area contributed by atoms with E-state index in [9.17, 15) is 0 Å². The lowest BCUT2D eigenvalue weighted by Crippen LogP contribution is -1.47. The Hall–Kier alpha value is 0. The summed E-state index contributed by atoms with van der Waals surface area (Å²) in [6.45, 7) is 33.4. The maximum Gasteiger partial charge on any atom is -0.0564 e. The molecule has 0 saturated heterocycles. The van der Waals surface area contributed by atoms with Gasteiger partial charge >= 0.3 is 0 Å². The van der Waals surface area contributed by atoms with E-state index >= 15 is 0 Å². The molecule has 0 nitrogen and oxygen atoms in total. The molecule has 0 atom stereocenters. The molecule has 0 rings (SSSR count). The van der Waals surface area contributed by atoms with Crippen LogP contribution in [0.15, 0.2) is 0 Å². The predicted octanol–water partition coefficient (Wildman–Crippen LogP) is 13.2. The summed E-state index contributed by atoms with van der Waals surface area (Å²) in [5.41, 5.74) is 0. The first-order valence-corrected chi connectivity index (χ1v) is 11.7. The second kappa shape index (κ2) is 254. The Morgan fingerprint density at radius 3 is 0.259 bits per heavy atom. The summed E-state index contributed by atoms with van der Waals surface area (Å²) in [7, 11) is 0. The quantitative estimate of drug-likeness (QED) is 0.440. The molecule has 0 aromatic carbocycles. The molecule has 0 aliphatic carbocycles. The topological polar surface area (TPSA) is 0 Å². The van der Waals surface area contributed by atoms with Crippen LogP contribution in [0.2, 0.25) is 0 Å². The average Bonchev–Trinajstić information content (AvgIpc) is 2.74. The van der Waals surface area contributed by atoms with Crippen LogP contribution in [0, 0.1) is 0 Å². The summed E-state index contributed by atoms with van der Waals surface area (Å²) in [5, 5.41) is 0. The molecule has 27 heavy (non-hydrogen) atoms. The minimum Gasteiger partial charge on any atom is -0.0776 e. The average molecular weight is 401 g/mol. The van der Waals surface area contributed by atoms with E-state index in [0.717, 1.165) is 0 Å². The highest BCUT2D eigenvalue weighted by atomic mass is 13.6. The van der Waals surface area contributed by atoms with Crippen LogP contribution in [0.4, 0.5) is 0 Å². The van der Waals surface area contributed by atoms with E-state index in [-0.39, 0.29) is 22.3 Å². The van der Waals surface area contributed by atoms with E-state index in [1.807, 2.05) is 55.4 Å². The second-order valence-electron chi connectivity index (χ2n) is 4.00. The third-order valence-corrected chi connectivity index (χ3v) is 2.00. The summed E-state index contributed by atoms with van der Waals surface area (Å²) in [6.07, 6.45) is 10.6. The van der Waals surface area contributed by atoms with Crippen molar-refractivity contribution in [1.82, 2.24) is 0 Å². The molecule has 0 aliphatic rings. The molecule has 0 radical (unpaired) electrons. The molecule has 0 aliphatic heterocycles. The fourth-order valence-corrected chi connectivity index (χ4v) is 0. The first kappa shape index (κ1) is 71.3. The highest BCUT2D eigenvalue weighted by Gasteiger charge is 1.57. The smallest absolute Gasteiger partial charge is 0.0564 e. The molecule has 184 valence electrons. The van der Waals surface area contributed by atoms with Gasteiger partial charge in [0.05, 0.1) is 0 Å². The van der Waals surface area contributed by atoms with Crippen LogP contribution in [0.3, 0.4) is 0 Å². The molecule has 0 unspecified atom stereocenters. The van der Waals surface area contributed by atoms with Gasteiger partial charge in [-0.15, -0.1) is 0 Å². The SMILES string of the molecule is C.C.C.CC.CC.CC.CC.CCCC.CCCC.CCCC.CCCC. The van der Waals surface area contributed by atoms with Crippen molar-refractivity contribution in [1.29, 1.82) is 0 Å². The van der Waals surface area contributed by atoms with Gasteiger partial charge in [0.15, 0.2) is 0 Å². The molecule has 0 aromatic heterocycles. The van der Waals surface area contributed by atoms with E-state index < -0.39 is 0 Å². The van der Waals surface area contributed by atoms with Crippen molar-refractivity contribution in [3.05, 3.63) is 0 Å². The fourth-order valence-electron chi connectivity index (χ4n) is 0. The van der Waals surface area contributed by atoms with E-state index in [1.165, 1.54) is 51.4 Å². The molecule has 0 bridgehead atoms. The van der Waals surface area contributed by atoms with Crippen molar-refractivity contribution in [2.75, 3.05) is 0 Å². The van der Waals surface area contributed by atoms with Crippen molar-refractivity contribution < 1.29 is 0 Å². The molecule has 0 heterocycles. The van der Waals surface area contributed by atoms with Gasteiger partial charge in [-0.2, -0.15) is 0 Å². The van der Waals surface area contributed by atoms with Gasteiger partial charge in [0, 0.05) is 0 Å². The Bertz CT molecular complexity index is 24.0. The van der Waals surface area contributed by atoms with Crippen molar-refractivity contribution in [2.24, 2.45) is 0 Å². The van der Waals surface area contributed by atoms with Crippen LogP contribution in [0.5, 0.6) is 0 Å². The predicted molar refractivity (Wildman–Crippen MR) is 148 cm³/mol. The third kappa shape index (κ3) is 936. The molecule has 0 amide bonds. The van der Waals surface area contributed by atoms with Crippen molar-refractivity contribution in [3.63, 3.8) is 0 Å². The summed E-state index contributed by atoms with van der Waals surface area (Å²) < 4.78 is 0. The largest absolute Gasteiger partial charge is 0.0776 e. The first-order valence-electron chi connectivity index (χ1n) is 11.7. The molecule has 0 N–H and O–H groups in total. The molecular formula is C27H76. The number of unbranched alkanes of at least 4 members (excludes halogenated alkanes) is 4.